The summed E-state index contributed by atoms with van der Waals surface area (Å²) >= 11 is 0. The monoisotopic (exact) mass is 363 g/mol. The lowest BCUT2D eigenvalue weighted by Gasteiger charge is -2.19. The Morgan fingerprint density at radius 2 is 2.22 bits per heavy atom. The summed E-state index contributed by atoms with van der Waals surface area (Å²) in [6.45, 7) is 2.01. The Labute approximate surface area is 155 Å². The van der Waals surface area contributed by atoms with Gasteiger partial charge in [0, 0.05) is 24.1 Å². The number of nitrogens with one attached hydrogen (secondary N) is 2. The lowest BCUT2D eigenvalue weighted by Crippen LogP contribution is -2.17. The molecule has 9 heteroatoms. The molecule has 1 atom stereocenters. The Balaban J connectivity index is 1.90. The molecule has 0 spiro atoms. The zero-order valence-corrected chi connectivity index (χ0v) is 14.5. The second-order valence-corrected chi connectivity index (χ2v) is 5.72. The van der Waals surface area contributed by atoms with E-state index < -0.39 is 4.92 Å². The molecular weight excluding hydrogens is 346 g/mol. The van der Waals surface area contributed by atoms with Crippen molar-refractivity contribution in [1.29, 1.82) is 5.26 Å². The molecule has 0 aliphatic carbocycles. The van der Waals surface area contributed by atoms with Gasteiger partial charge in [0.25, 0.3) is 0 Å². The van der Waals surface area contributed by atoms with E-state index in [-0.39, 0.29) is 17.7 Å². The minimum atomic E-state index is -0.500. The first-order valence-corrected chi connectivity index (χ1v) is 8.27. The van der Waals surface area contributed by atoms with E-state index in [4.69, 9.17) is 5.26 Å². The van der Waals surface area contributed by atoms with Crippen LogP contribution in [0.1, 0.15) is 25.1 Å². The van der Waals surface area contributed by atoms with Gasteiger partial charge in [-0.05, 0) is 30.7 Å². The highest BCUT2D eigenvalue weighted by atomic mass is 16.6. The number of imidazole rings is 1. The van der Waals surface area contributed by atoms with Gasteiger partial charge in [0.2, 0.25) is 5.82 Å². The second kappa shape index (κ2) is 7.97. The topological polar surface area (TPSA) is 122 Å². The molecule has 9 nitrogen and oxygen atoms in total. The van der Waals surface area contributed by atoms with Crippen molar-refractivity contribution in [3.63, 3.8) is 0 Å². The van der Waals surface area contributed by atoms with E-state index in [1.165, 1.54) is 6.07 Å². The lowest BCUT2D eigenvalue weighted by molar-refractivity contribution is -0.384. The third-order valence-electron chi connectivity index (χ3n) is 3.91. The number of hydrogen-bond acceptors (Lipinski definition) is 7. The summed E-state index contributed by atoms with van der Waals surface area (Å²) in [6, 6.07) is 11.7. The number of nitrogens with zero attached hydrogens (tertiary/aromatic N) is 5. The number of hydrogen-bond donors (Lipinski definition) is 2. The lowest BCUT2D eigenvalue weighted by atomic mass is 10.2. The van der Waals surface area contributed by atoms with Crippen molar-refractivity contribution in [2.24, 2.45) is 0 Å². The summed E-state index contributed by atoms with van der Waals surface area (Å²) in [4.78, 5) is 19.2. The van der Waals surface area contributed by atoms with Crippen molar-refractivity contribution in [3.8, 4) is 6.07 Å². The van der Waals surface area contributed by atoms with E-state index in [0.29, 0.717) is 17.1 Å². The van der Waals surface area contributed by atoms with Gasteiger partial charge in [0.15, 0.2) is 0 Å². The number of benzene rings is 1. The molecule has 2 aromatic heterocycles. The highest BCUT2D eigenvalue weighted by Crippen LogP contribution is 2.28. The van der Waals surface area contributed by atoms with E-state index in [0.717, 1.165) is 6.42 Å². The third-order valence-corrected chi connectivity index (χ3v) is 3.91. The smallest absolute Gasteiger partial charge is 0.311 e. The first-order valence-electron chi connectivity index (χ1n) is 8.27. The molecular formula is C18H17N7O2. The van der Waals surface area contributed by atoms with Gasteiger partial charge in [-0.1, -0.05) is 13.0 Å². The summed E-state index contributed by atoms with van der Waals surface area (Å²) in [7, 11) is 0. The average molecular weight is 363 g/mol. The number of nitriles is 1. The van der Waals surface area contributed by atoms with Crippen molar-refractivity contribution in [2.45, 2.75) is 19.5 Å². The van der Waals surface area contributed by atoms with Crippen LogP contribution in [0.15, 0.2) is 55.1 Å². The Morgan fingerprint density at radius 1 is 1.37 bits per heavy atom. The molecule has 1 unspecified atom stereocenters. The van der Waals surface area contributed by atoms with Crippen molar-refractivity contribution in [1.82, 2.24) is 14.5 Å². The van der Waals surface area contributed by atoms with Gasteiger partial charge in [0.05, 0.1) is 22.9 Å². The molecule has 0 amide bonds. The van der Waals surface area contributed by atoms with Crippen LogP contribution < -0.4 is 10.6 Å². The predicted molar refractivity (Wildman–Crippen MR) is 101 cm³/mol. The summed E-state index contributed by atoms with van der Waals surface area (Å²) in [5.74, 6) is 0.584. The minimum absolute atomic E-state index is 0.0868. The van der Waals surface area contributed by atoms with Gasteiger partial charge in [0.1, 0.15) is 12.0 Å². The Hall–Kier alpha value is -3.93. The number of aromatic nitrogens is 3. The van der Waals surface area contributed by atoms with Crippen LogP contribution in [-0.2, 0) is 0 Å². The maximum absolute atomic E-state index is 11.4. The van der Waals surface area contributed by atoms with E-state index in [2.05, 4.69) is 20.6 Å². The molecule has 3 rings (SSSR count). The van der Waals surface area contributed by atoms with Crippen LogP contribution in [0.25, 0.3) is 0 Å². The Bertz CT molecular complexity index is 980. The molecule has 0 fully saturated rings. The van der Waals surface area contributed by atoms with Gasteiger partial charge >= 0.3 is 5.69 Å². The number of nitro groups is 1. The molecule has 0 radical (unpaired) electrons. The summed E-state index contributed by atoms with van der Waals surface area (Å²) in [5.41, 5.74) is 0.838. The maximum atomic E-state index is 11.4. The van der Waals surface area contributed by atoms with E-state index >= 15 is 0 Å². The van der Waals surface area contributed by atoms with E-state index in [1.807, 2.05) is 23.8 Å². The van der Waals surface area contributed by atoms with Crippen molar-refractivity contribution >= 4 is 23.0 Å². The molecule has 0 bridgehead atoms. The second-order valence-electron chi connectivity index (χ2n) is 5.72. The predicted octanol–water partition coefficient (Wildman–Crippen LogP) is 3.82. The van der Waals surface area contributed by atoms with Crippen molar-refractivity contribution < 1.29 is 4.92 Å². The Morgan fingerprint density at radius 3 is 2.89 bits per heavy atom. The van der Waals surface area contributed by atoms with Crippen LogP contribution >= 0.6 is 0 Å². The SMILES string of the molecule is CCC(Nc1ccc([N+](=O)[O-])c(Nc2cccc(C#N)c2)n1)n1ccnc1. The van der Waals surface area contributed by atoms with Crippen molar-refractivity contribution in [2.75, 3.05) is 10.6 Å². The highest BCUT2D eigenvalue weighted by Gasteiger charge is 2.18. The van der Waals surface area contributed by atoms with Crippen LogP contribution in [-0.4, -0.2) is 19.5 Å². The fourth-order valence-corrected chi connectivity index (χ4v) is 2.59. The summed E-state index contributed by atoms with van der Waals surface area (Å²) < 4.78 is 1.90. The zero-order chi connectivity index (χ0) is 19.2. The highest BCUT2D eigenvalue weighted by molar-refractivity contribution is 5.68. The average Bonchev–Trinajstić information content (AvgIpc) is 3.20. The molecule has 0 aliphatic heterocycles. The Kier molecular flexibility index (Phi) is 5.28. The molecule has 0 aliphatic rings. The quantitative estimate of drug-likeness (QED) is 0.483. The van der Waals surface area contributed by atoms with Crippen LogP contribution in [0.5, 0.6) is 0 Å². The largest absolute Gasteiger partial charge is 0.350 e. The van der Waals surface area contributed by atoms with Gasteiger partial charge in [-0.15, -0.1) is 0 Å². The van der Waals surface area contributed by atoms with E-state index in [9.17, 15) is 10.1 Å². The summed E-state index contributed by atoms with van der Waals surface area (Å²) in [5, 5.41) is 26.5. The molecule has 0 saturated heterocycles. The van der Waals surface area contributed by atoms with Crippen LogP contribution in [0, 0.1) is 21.4 Å². The molecule has 0 saturated carbocycles. The molecule has 27 heavy (non-hydrogen) atoms. The number of anilines is 3. The fraction of sp³-hybridized carbons (Fsp3) is 0.167. The van der Waals surface area contributed by atoms with Crippen LogP contribution in [0.3, 0.4) is 0 Å². The van der Waals surface area contributed by atoms with Gasteiger partial charge in [-0.3, -0.25) is 10.1 Å². The normalized spacial score (nSPS) is 11.4. The third kappa shape index (κ3) is 4.19. The minimum Gasteiger partial charge on any atom is -0.350 e. The molecule has 2 N–H and O–H groups in total. The molecule has 3 aromatic rings. The van der Waals surface area contributed by atoms with Crippen molar-refractivity contribution in [3.05, 3.63) is 70.8 Å². The molecule has 1 aromatic carbocycles. The first-order chi connectivity index (χ1) is 13.1. The molecule has 2 heterocycles. The first kappa shape index (κ1) is 17.9. The number of rotatable bonds is 7. The van der Waals surface area contributed by atoms with Crippen LogP contribution in [0.4, 0.5) is 23.0 Å². The standard InChI is InChI=1S/C18H17N7O2/c1-2-17(24-9-8-20-12-24)22-16-7-6-15(25(26)27)18(23-16)21-14-5-3-4-13(10-14)11-19/h3-10,12,17H,2H2,1H3,(H2,21,22,23). The van der Waals surface area contributed by atoms with E-state index in [1.54, 1.807) is 42.9 Å². The summed E-state index contributed by atoms with van der Waals surface area (Å²) in [6.07, 6.45) is 5.89. The van der Waals surface area contributed by atoms with Crippen LogP contribution in [0.2, 0.25) is 0 Å². The fourth-order valence-electron chi connectivity index (χ4n) is 2.59. The number of pyridine rings is 1. The molecule has 136 valence electrons. The van der Waals surface area contributed by atoms with Gasteiger partial charge < -0.3 is 15.2 Å². The maximum Gasteiger partial charge on any atom is 0.311 e. The van der Waals surface area contributed by atoms with Gasteiger partial charge in [-0.2, -0.15) is 5.26 Å². The zero-order valence-electron chi connectivity index (χ0n) is 14.5. The van der Waals surface area contributed by atoms with Gasteiger partial charge in [-0.25, -0.2) is 9.97 Å².